The quantitative estimate of drug-likeness (QED) is 0.513. The second kappa shape index (κ2) is 7.74. The van der Waals surface area contributed by atoms with E-state index in [1.807, 2.05) is 0 Å². The first-order valence-corrected chi connectivity index (χ1v) is 8.37. The average molecular weight is 277 g/mol. The van der Waals surface area contributed by atoms with Gasteiger partial charge in [-0.3, -0.25) is 4.79 Å². The van der Waals surface area contributed by atoms with E-state index in [9.17, 15) is 13.2 Å². The Morgan fingerprint density at radius 3 is 2.50 bits per heavy atom. The minimum absolute atomic E-state index is 0.100. The lowest BCUT2D eigenvalue weighted by Gasteiger charge is -2.09. The molecule has 6 heteroatoms. The molecule has 0 bridgehead atoms. The van der Waals surface area contributed by atoms with E-state index in [0.717, 1.165) is 12.8 Å². The second-order valence-electron chi connectivity index (χ2n) is 4.71. The molecule has 0 aromatic carbocycles. The van der Waals surface area contributed by atoms with Gasteiger partial charge in [0.1, 0.15) is 6.04 Å². The van der Waals surface area contributed by atoms with Crippen LogP contribution in [0.1, 0.15) is 51.9 Å². The third-order valence-electron chi connectivity index (χ3n) is 3.02. The molecular formula is C12H23NO4S. The summed E-state index contributed by atoms with van der Waals surface area (Å²) >= 11 is 0. The van der Waals surface area contributed by atoms with Crippen molar-refractivity contribution in [3.63, 3.8) is 0 Å². The number of nitrogens with one attached hydrogen (secondary N) is 1. The van der Waals surface area contributed by atoms with Gasteiger partial charge in [-0.2, -0.15) is 0 Å². The molecule has 0 aromatic heterocycles. The SMILES string of the molecule is CCCCCCCCS(=O)(=O)N[C@H]1CCOC1=O. The van der Waals surface area contributed by atoms with Gasteiger partial charge in [-0.1, -0.05) is 39.0 Å². The fourth-order valence-corrected chi connectivity index (χ4v) is 3.30. The van der Waals surface area contributed by atoms with Crippen molar-refractivity contribution in [3.05, 3.63) is 0 Å². The highest BCUT2D eigenvalue weighted by molar-refractivity contribution is 7.89. The molecular weight excluding hydrogens is 254 g/mol. The van der Waals surface area contributed by atoms with Crippen molar-refractivity contribution in [1.82, 2.24) is 4.72 Å². The molecule has 1 saturated heterocycles. The topological polar surface area (TPSA) is 72.5 Å². The van der Waals surface area contributed by atoms with E-state index in [4.69, 9.17) is 4.74 Å². The number of unbranched alkanes of at least 4 members (excludes halogenated alkanes) is 5. The van der Waals surface area contributed by atoms with Crippen LogP contribution in [0.3, 0.4) is 0 Å². The van der Waals surface area contributed by atoms with E-state index < -0.39 is 22.0 Å². The van der Waals surface area contributed by atoms with Crippen LogP contribution in [-0.4, -0.2) is 32.8 Å². The number of sulfonamides is 1. The first-order chi connectivity index (χ1) is 8.55. The summed E-state index contributed by atoms with van der Waals surface area (Å²) < 4.78 is 30.5. The Labute approximate surface area is 109 Å². The molecule has 18 heavy (non-hydrogen) atoms. The molecule has 1 fully saturated rings. The molecule has 1 aliphatic heterocycles. The first-order valence-electron chi connectivity index (χ1n) is 6.72. The van der Waals surface area contributed by atoms with Crippen molar-refractivity contribution >= 4 is 16.0 Å². The number of carbonyl (C=O) groups is 1. The summed E-state index contributed by atoms with van der Waals surface area (Å²) in [6, 6.07) is -0.671. The normalized spacial score (nSPS) is 20.1. The number of carbonyl (C=O) groups excluding carboxylic acids is 1. The lowest BCUT2D eigenvalue weighted by Crippen LogP contribution is -2.39. The fraction of sp³-hybridized carbons (Fsp3) is 0.917. The highest BCUT2D eigenvalue weighted by atomic mass is 32.2. The van der Waals surface area contributed by atoms with Crippen LogP contribution in [0.5, 0.6) is 0 Å². The van der Waals surface area contributed by atoms with Gasteiger partial charge >= 0.3 is 5.97 Å². The largest absolute Gasteiger partial charge is 0.464 e. The van der Waals surface area contributed by atoms with Crippen LogP contribution < -0.4 is 4.72 Å². The maximum absolute atomic E-state index is 11.7. The first kappa shape index (κ1) is 15.4. The molecule has 0 radical (unpaired) electrons. The minimum atomic E-state index is -3.34. The zero-order valence-corrected chi connectivity index (χ0v) is 11.8. The van der Waals surface area contributed by atoms with Gasteiger partial charge in [-0.25, -0.2) is 13.1 Å². The molecule has 0 unspecified atom stereocenters. The van der Waals surface area contributed by atoms with E-state index >= 15 is 0 Å². The summed E-state index contributed by atoms with van der Waals surface area (Å²) in [5, 5.41) is 0. The molecule has 0 spiro atoms. The summed E-state index contributed by atoms with van der Waals surface area (Å²) in [6.45, 7) is 2.46. The van der Waals surface area contributed by atoms with Gasteiger partial charge in [0.05, 0.1) is 12.4 Å². The predicted octanol–water partition coefficient (Wildman–Crippen LogP) is 1.58. The molecule has 0 aliphatic carbocycles. The number of hydrogen-bond acceptors (Lipinski definition) is 4. The monoisotopic (exact) mass is 277 g/mol. The van der Waals surface area contributed by atoms with Crippen molar-refractivity contribution in [2.24, 2.45) is 0 Å². The Balaban J connectivity index is 2.17. The third-order valence-corrected chi connectivity index (χ3v) is 4.49. The zero-order chi connectivity index (χ0) is 13.4. The van der Waals surface area contributed by atoms with E-state index in [1.165, 1.54) is 19.3 Å². The number of cyclic esters (lactones) is 1. The zero-order valence-electron chi connectivity index (χ0n) is 11.0. The van der Waals surface area contributed by atoms with Crippen LogP contribution >= 0.6 is 0 Å². The van der Waals surface area contributed by atoms with Gasteiger partial charge in [0.2, 0.25) is 10.0 Å². The van der Waals surface area contributed by atoms with E-state index in [-0.39, 0.29) is 5.75 Å². The number of rotatable bonds is 9. The maximum Gasteiger partial charge on any atom is 0.324 e. The Bertz CT molecular complexity index is 353. The molecule has 1 atom stereocenters. The average Bonchev–Trinajstić information content (AvgIpc) is 2.69. The van der Waals surface area contributed by atoms with Gasteiger partial charge in [-0.15, -0.1) is 0 Å². The molecule has 1 aliphatic rings. The van der Waals surface area contributed by atoms with Gasteiger partial charge in [-0.05, 0) is 6.42 Å². The summed E-state index contributed by atoms with van der Waals surface area (Å²) in [5.74, 6) is -0.357. The van der Waals surface area contributed by atoms with Gasteiger partial charge in [0.15, 0.2) is 0 Å². The number of ether oxygens (including phenoxy) is 1. The molecule has 1 heterocycles. The Morgan fingerprint density at radius 2 is 1.89 bits per heavy atom. The minimum Gasteiger partial charge on any atom is -0.464 e. The lowest BCUT2D eigenvalue weighted by molar-refractivity contribution is -0.139. The van der Waals surface area contributed by atoms with Crippen molar-refractivity contribution in [3.8, 4) is 0 Å². The van der Waals surface area contributed by atoms with E-state index in [2.05, 4.69) is 11.6 Å². The predicted molar refractivity (Wildman–Crippen MR) is 69.7 cm³/mol. The maximum atomic E-state index is 11.7. The van der Waals surface area contributed by atoms with Crippen LogP contribution in [-0.2, 0) is 19.6 Å². The van der Waals surface area contributed by atoms with Crippen LogP contribution in [0.4, 0.5) is 0 Å². The lowest BCUT2D eigenvalue weighted by atomic mass is 10.1. The standard InChI is InChI=1S/C12H23NO4S/c1-2-3-4-5-6-7-10-18(15,16)13-11-8-9-17-12(11)14/h11,13H,2-10H2,1H3/t11-/m0/s1. The molecule has 5 nitrogen and oxygen atoms in total. The Morgan fingerprint density at radius 1 is 1.22 bits per heavy atom. The highest BCUT2D eigenvalue weighted by Crippen LogP contribution is 2.09. The smallest absolute Gasteiger partial charge is 0.324 e. The van der Waals surface area contributed by atoms with E-state index in [0.29, 0.717) is 19.4 Å². The van der Waals surface area contributed by atoms with Gasteiger partial charge in [0, 0.05) is 6.42 Å². The molecule has 0 amide bonds. The van der Waals surface area contributed by atoms with E-state index in [1.54, 1.807) is 0 Å². The summed E-state index contributed by atoms with van der Waals surface area (Å²) in [6.07, 6.45) is 6.65. The van der Waals surface area contributed by atoms with Gasteiger partial charge in [0.25, 0.3) is 0 Å². The molecule has 1 rings (SSSR count). The van der Waals surface area contributed by atoms with Crippen molar-refractivity contribution in [2.45, 2.75) is 57.9 Å². The molecule has 106 valence electrons. The van der Waals surface area contributed by atoms with Crippen LogP contribution in [0.15, 0.2) is 0 Å². The molecule has 0 saturated carbocycles. The second-order valence-corrected chi connectivity index (χ2v) is 6.59. The summed E-state index contributed by atoms with van der Waals surface area (Å²) in [5.41, 5.74) is 0. The van der Waals surface area contributed by atoms with Crippen molar-refractivity contribution in [2.75, 3.05) is 12.4 Å². The van der Waals surface area contributed by atoms with Crippen LogP contribution in [0.2, 0.25) is 0 Å². The molecule has 0 aromatic rings. The third kappa shape index (κ3) is 5.82. The Kier molecular flexibility index (Phi) is 6.63. The highest BCUT2D eigenvalue weighted by Gasteiger charge is 2.30. The number of hydrogen-bond donors (Lipinski definition) is 1. The van der Waals surface area contributed by atoms with Crippen molar-refractivity contribution < 1.29 is 17.9 Å². The van der Waals surface area contributed by atoms with Crippen LogP contribution in [0, 0.1) is 0 Å². The molecule has 1 N–H and O–H groups in total. The number of esters is 1. The summed E-state index contributed by atoms with van der Waals surface area (Å²) in [4.78, 5) is 11.2. The summed E-state index contributed by atoms with van der Waals surface area (Å²) in [7, 11) is -3.34. The Hall–Kier alpha value is -0.620. The fourth-order valence-electron chi connectivity index (χ4n) is 1.95. The van der Waals surface area contributed by atoms with Crippen LogP contribution in [0.25, 0.3) is 0 Å². The van der Waals surface area contributed by atoms with Crippen molar-refractivity contribution in [1.29, 1.82) is 0 Å². The van der Waals surface area contributed by atoms with Gasteiger partial charge < -0.3 is 4.74 Å².